The predicted octanol–water partition coefficient (Wildman–Crippen LogP) is -0.0321. The largest absolute Gasteiger partial charge is 0.376 e. The molecule has 6 heteroatoms. The van der Waals surface area contributed by atoms with E-state index in [-0.39, 0.29) is 36.1 Å². The van der Waals surface area contributed by atoms with Gasteiger partial charge in [-0.1, -0.05) is 0 Å². The normalized spacial score (nSPS) is 10.0. The van der Waals surface area contributed by atoms with Gasteiger partial charge >= 0.3 is 0 Å². The first-order valence-corrected chi connectivity index (χ1v) is 2.35. The summed E-state index contributed by atoms with van der Waals surface area (Å²) in [6, 6.07) is 0. The molecular formula is C3H11Cl2N3S. The van der Waals surface area contributed by atoms with Gasteiger partial charge in [0, 0.05) is 0 Å². The molecule has 0 aromatic carbocycles. The van der Waals surface area contributed by atoms with Crippen LogP contribution in [-0.2, 0) is 0 Å². The first kappa shape index (κ1) is 16.1. The SMILES string of the molecule is CC(N)NC(N)=S.Cl.Cl. The fourth-order valence-corrected chi connectivity index (χ4v) is 0.410. The summed E-state index contributed by atoms with van der Waals surface area (Å²) in [4.78, 5) is 0. The van der Waals surface area contributed by atoms with Crippen LogP contribution in [0.3, 0.4) is 0 Å². The van der Waals surface area contributed by atoms with Crippen LogP contribution in [0.15, 0.2) is 0 Å². The van der Waals surface area contributed by atoms with Crippen molar-refractivity contribution in [3.63, 3.8) is 0 Å². The Balaban J connectivity index is -0.000000180. The van der Waals surface area contributed by atoms with Crippen LogP contribution in [0.2, 0.25) is 0 Å². The third-order valence-corrected chi connectivity index (χ3v) is 0.488. The van der Waals surface area contributed by atoms with Crippen LogP contribution in [0.1, 0.15) is 6.92 Å². The molecule has 0 aliphatic rings. The molecule has 0 saturated carbocycles. The van der Waals surface area contributed by atoms with E-state index in [1.54, 1.807) is 6.92 Å². The molecule has 0 bridgehead atoms. The zero-order valence-electron chi connectivity index (χ0n) is 4.96. The zero-order valence-corrected chi connectivity index (χ0v) is 7.41. The Morgan fingerprint density at radius 3 is 1.89 bits per heavy atom. The number of hydrogen-bond acceptors (Lipinski definition) is 2. The minimum absolute atomic E-state index is 0. The summed E-state index contributed by atoms with van der Waals surface area (Å²) in [5.41, 5.74) is 10.2. The second-order valence-electron chi connectivity index (χ2n) is 1.30. The highest BCUT2D eigenvalue weighted by Gasteiger charge is 1.88. The Morgan fingerprint density at radius 1 is 1.56 bits per heavy atom. The minimum atomic E-state index is -0.141. The Hall–Kier alpha value is 0.230. The van der Waals surface area contributed by atoms with Crippen LogP contribution in [0.25, 0.3) is 0 Å². The Kier molecular flexibility index (Phi) is 14.7. The molecule has 0 heterocycles. The molecule has 0 fully saturated rings. The summed E-state index contributed by atoms with van der Waals surface area (Å²) < 4.78 is 0. The number of thiocarbonyl (C=S) groups is 1. The first-order valence-electron chi connectivity index (χ1n) is 1.94. The molecule has 58 valence electrons. The molecule has 0 saturated heterocycles. The number of nitrogens with one attached hydrogen (secondary N) is 1. The van der Waals surface area contributed by atoms with Crippen LogP contribution >= 0.6 is 37.0 Å². The number of halogens is 2. The fraction of sp³-hybridized carbons (Fsp3) is 0.667. The molecule has 1 unspecified atom stereocenters. The first-order chi connectivity index (χ1) is 3.13. The summed E-state index contributed by atoms with van der Waals surface area (Å²) in [5.74, 6) is 0. The van der Waals surface area contributed by atoms with Gasteiger partial charge in [-0.2, -0.15) is 0 Å². The quantitative estimate of drug-likeness (QED) is 0.403. The van der Waals surface area contributed by atoms with Gasteiger partial charge < -0.3 is 16.8 Å². The summed E-state index contributed by atoms with van der Waals surface area (Å²) in [6.45, 7) is 1.76. The standard InChI is InChI=1S/C3H9N3S.2ClH/c1-2(4)6-3(5)7;;/h2H,4H2,1H3,(H3,5,6,7);2*1H. The van der Waals surface area contributed by atoms with E-state index in [4.69, 9.17) is 11.5 Å². The maximum Gasteiger partial charge on any atom is 0.164 e. The molecule has 0 aromatic rings. The third-order valence-electron chi connectivity index (χ3n) is 0.370. The lowest BCUT2D eigenvalue weighted by molar-refractivity contribution is 0.701. The van der Waals surface area contributed by atoms with Crippen LogP contribution < -0.4 is 16.8 Å². The molecule has 0 radical (unpaired) electrons. The van der Waals surface area contributed by atoms with Crippen molar-refractivity contribution < 1.29 is 0 Å². The van der Waals surface area contributed by atoms with Crippen LogP contribution in [0.4, 0.5) is 0 Å². The van der Waals surface area contributed by atoms with Crippen molar-refractivity contribution in [2.45, 2.75) is 13.1 Å². The Morgan fingerprint density at radius 2 is 1.89 bits per heavy atom. The van der Waals surface area contributed by atoms with E-state index in [0.717, 1.165) is 0 Å². The van der Waals surface area contributed by atoms with E-state index in [2.05, 4.69) is 17.5 Å². The lowest BCUT2D eigenvalue weighted by atomic mass is 10.6. The van der Waals surface area contributed by atoms with Gasteiger partial charge in [0.05, 0.1) is 6.17 Å². The molecule has 0 spiro atoms. The van der Waals surface area contributed by atoms with Gasteiger partial charge in [-0.3, -0.25) is 0 Å². The average molecular weight is 192 g/mol. The maximum absolute atomic E-state index is 5.21. The van der Waals surface area contributed by atoms with Crippen molar-refractivity contribution in [1.82, 2.24) is 5.32 Å². The van der Waals surface area contributed by atoms with Crippen molar-refractivity contribution in [2.75, 3.05) is 0 Å². The van der Waals surface area contributed by atoms with Crippen LogP contribution in [0, 0.1) is 0 Å². The Labute approximate surface area is 72.4 Å². The monoisotopic (exact) mass is 191 g/mol. The molecule has 0 aliphatic carbocycles. The van der Waals surface area contributed by atoms with Crippen molar-refractivity contribution in [1.29, 1.82) is 0 Å². The van der Waals surface area contributed by atoms with Gasteiger partial charge in [-0.05, 0) is 19.1 Å². The van der Waals surface area contributed by atoms with Gasteiger partial charge in [-0.25, -0.2) is 0 Å². The van der Waals surface area contributed by atoms with Crippen LogP contribution in [0.5, 0.6) is 0 Å². The van der Waals surface area contributed by atoms with Gasteiger partial charge in [0.2, 0.25) is 0 Å². The number of hydrogen-bond donors (Lipinski definition) is 3. The highest BCUT2D eigenvalue weighted by atomic mass is 35.5. The van der Waals surface area contributed by atoms with E-state index in [0.29, 0.717) is 0 Å². The minimum Gasteiger partial charge on any atom is -0.376 e. The highest BCUT2D eigenvalue weighted by Crippen LogP contribution is 1.62. The molecule has 0 aromatic heterocycles. The van der Waals surface area contributed by atoms with Crippen molar-refractivity contribution in [3.05, 3.63) is 0 Å². The number of rotatable bonds is 1. The Bertz CT molecular complexity index is 77.5. The van der Waals surface area contributed by atoms with Crippen molar-refractivity contribution >= 4 is 42.1 Å². The summed E-state index contributed by atoms with van der Waals surface area (Å²) >= 11 is 4.46. The molecule has 0 amide bonds. The summed E-state index contributed by atoms with van der Waals surface area (Å²) in [5, 5.41) is 2.84. The molecule has 3 nitrogen and oxygen atoms in total. The molecule has 1 atom stereocenters. The van der Waals surface area contributed by atoms with E-state index in [9.17, 15) is 0 Å². The van der Waals surface area contributed by atoms with E-state index in [1.165, 1.54) is 0 Å². The fourth-order valence-electron chi connectivity index (χ4n) is 0.224. The van der Waals surface area contributed by atoms with E-state index >= 15 is 0 Å². The summed E-state index contributed by atoms with van der Waals surface area (Å²) in [7, 11) is 0. The molecule has 0 rings (SSSR count). The lowest BCUT2D eigenvalue weighted by Crippen LogP contribution is -2.41. The predicted molar refractivity (Wildman–Crippen MR) is 48.1 cm³/mol. The average Bonchev–Trinajstić information content (AvgIpc) is 1.27. The van der Waals surface area contributed by atoms with Gasteiger partial charge in [0.15, 0.2) is 5.11 Å². The van der Waals surface area contributed by atoms with E-state index in [1.807, 2.05) is 0 Å². The highest BCUT2D eigenvalue weighted by molar-refractivity contribution is 7.80. The van der Waals surface area contributed by atoms with Gasteiger partial charge in [0.1, 0.15) is 0 Å². The summed E-state index contributed by atoms with van der Waals surface area (Å²) in [6.07, 6.45) is -0.141. The smallest absolute Gasteiger partial charge is 0.164 e. The van der Waals surface area contributed by atoms with E-state index < -0.39 is 0 Å². The number of nitrogens with two attached hydrogens (primary N) is 2. The zero-order chi connectivity index (χ0) is 5.86. The second-order valence-corrected chi connectivity index (χ2v) is 1.74. The van der Waals surface area contributed by atoms with Crippen molar-refractivity contribution in [3.8, 4) is 0 Å². The molecule has 9 heavy (non-hydrogen) atoms. The lowest BCUT2D eigenvalue weighted by Gasteiger charge is -2.04. The third kappa shape index (κ3) is 17.9. The topological polar surface area (TPSA) is 64.1 Å². The maximum atomic E-state index is 5.21. The van der Waals surface area contributed by atoms with Crippen molar-refractivity contribution in [2.24, 2.45) is 11.5 Å². The van der Waals surface area contributed by atoms with Gasteiger partial charge in [0.25, 0.3) is 0 Å². The molecular weight excluding hydrogens is 181 g/mol. The van der Waals surface area contributed by atoms with Crippen LogP contribution in [-0.4, -0.2) is 11.3 Å². The second kappa shape index (κ2) is 8.23. The molecule has 5 N–H and O–H groups in total. The van der Waals surface area contributed by atoms with Gasteiger partial charge in [-0.15, -0.1) is 24.8 Å². The molecule has 0 aliphatic heterocycles.